The van der Waals surface area contributed by atoms with Crippen molar-refractivity contribution >= 4 is 7.82 Å². The minimum absolute atomic E-state index is 0.0345. The summed E-state index contributed by atoms with van der Waals surface area (Å²) in [7, 11) is 3.46. The van der Waals surface area contributed by atoms with Gasteiger partial charge in [-0.3, -0.25) is 9.05 Å². The quantitative estimate of drug-likeness (QED) is 0.0466. The zero-order valence-corrected chi connectivity index (χ0v) is 29.1. The molecule has 1 N–H and O–H groups in total. The van der Waals surface area contributed by atoms with Crippen molar-refractivity contribution in [1.82, 2.24) is 0 Å². The van der Waals surface area contributed by atoms with Gasteiger partial charge in [-0.2, -0.15) is 0 Å². The van der Waals surface area contributed by atoms with Gasteiger partial charge >= 0.3 is 7.82 Å². The Morgan fingerprint density at radius 2 is 1.10 bits per heavy atom. The van der Waals surface area contributed by atoms with Crippen LogP contribution in [0.15, 0.2) is 0 Å². The summed E-state index contributed by atoms with van der Waals surface area (Å²) in [6.45, 7) is 6.37. The summed E-state index contributed by atoms with van der Waals surface area (Å²) in [6, 6.07) is 0. The maximum Gasteiger partial charge on any atom is 0.472 e. The first-order chi connectivity index (χ1) is 19.6. The predicted octanol–water partition coefficient (Wildman–Crippen LogP) is 9.32. The summed E-state index contributed by atoms with van der Waals surface area (Å²) in [5.74, 6) is 0.978. The van der Waals surface area contributed by atoms with Crippen LogP contribution in [-0.2, 0) is 23.1 Å². The van der Waals surface area contributed by atoms with Crippen molar-refractivity contribution < 1.29 is 32.5 Å². The van der Waals surface area contributed by atoms with Crippen LogP contribution in [0.25, 0.3) is 0 Å². The molecule has 7 nitrogen and oxygen atoms in total. The van der Waals surface area contributed by atoms with Gasteiger partial charge in [0, 0.05) is 13.7 Å². The summed E-state index contributed by atoms with van der Waals surface area (Å²) >= 11 is 0. The summed E-state index contributed by atoms with van der Waals surface area (Å²) < 4.78 is 33.9. The van der Waals surface area contributed by atoms with E-state index in [4.69, 9.17) is 18.5 Å². The number of hydrogen-bond donors (Lipinski definition) is 1. The molecule has 0 aliphatic rings. The van der Waals surface area contributed by atoms with E-state index < -0.39 is 13.9 Å². The van der Waals surface area contributed by atoms with Gasteiger partial charge in [0.2, 0.25) is 0 Å². The van der Waals surface area contributed by atoms with Crippen molar-refractivity contribution in [3.05, 3.63) is 0 Å². The topological polar surface area (TPSA) is 74.2 Å². The van der Waals surface area contributed by atoms with Crippen molar-refractivity contribution in [3.8, 4) is 0 Å². The number of methoxy groups -OCH3 is 1. The maximum absolute atomic E-state index is 12.0. The fourth-order valence-electron chi connectivity index (χ4n) is 5.07. The number of phosphoric acid groups is 1. The first-order valence-corrected chi connectivity index (χ1v) is 18.7. The molecule has 2 unspecified atom stereocenters. The molecule has 0 aromatic heterocycles. The molecule has 8 heteroatoms. The lowest BCUT2D eigenvalue weighted by Gasteiger charge is -2.24. The predicted molar refractivity (Wildman–Crippen MR) is 173 cm³/mol. The van der Waals surface area contributed by atoms with Gasteiger partial charge in [0.15, 0.2) is 0 Å². The molecule has 0 fully saturated rings. The third-order valence-corrected chi connectivity index (χ3v) is 8.89. The molecule has 0 amide bonds. The van der Waals surface area contributed by atoms with Crippen LogP contribution in [0.4, 0.5) is 0 Å². The summed E-state index contributed by atoms with van der Waals surface area (Å²) in [5.41, 5.74) is 0. The van der Waals surface area contributed by atoms with Gasteiger partial charge < -0.3 is 18.9 Å². The van der Waals surface area contributed by atoms with E-state index in [-0.39, 0.29) is 13.2 Å². The molecule has 0 radical (unpaired) electrons. The van der Waals surface area contributed by atoms with E-state index in [9.17, 15) is 9.46 Å². The van der Waals surface area contributed by atoms with Crippen LogP contribution in [-0.4, -0.2) is 76.7 Å². The van der Waals surface area contributed by atoms with Crippen molar-refractivity contribution in [1.29, 1.82) is 0 Å². The summed E-state index contributed by atoms with van der Waals surface area (Å²) in [5, 5.41) is 0. The number of nitrogens with zero attached hydrogens (tertiary/aromatic N) is 1. The normalized spacial score (nSPS) is 14.5. The molecule has 41 heavy (non-hydrogen) atoms. The zero-order chi connectivity index (χ0) is 30.7. The second-order valence-electron chi connectivity index (χ2n) is 13.1. The Morgan fingerprint density at radius 3 is 1.56 bits per heavy atom. The van der Waals surface area contributed by atoms with Crippen LogP contribution in [0.3, 0.4) is 0 Å². The standard InChI is InChI=1S/C33H70NO6P/c1-7-9-11-20-24-32(25-21-12-10-8-2)26-22-18-16-14-13-15-17-19-23-28-38-30-33(37-6)31-40-41(35,36)39-29-27-34(3,4)5/h32-33H,7-31H2,1-6H3/p+1. The van der Waals surface area contributed by atoms with E-state index in [2.05, 4.69) is 13.8 Å². The van der Waals surface area contributed by atoms with Crippen LogP contribution in [0, 0.1) is 5.92 Å². The van der Waals surface area contributed by atoms with E-state index in [1.807, 2.05) is 21.1 Å². The lowest BCUT2D eigenvalue weighted by atomic mass is 9.89. The Labute approximate surface area is 255 Å². The zero-order valence-electron chi connectivity index (χ0n) is 28.2. The Bertz CT molecular complexity index is 589. The fourth-order valence-corrected chi connectivity index (χ4v) is 5.81. The van der Waals surface area contributed by atoms with Crippen molar-refractivity contribution in [2.45, 2.75) is 148 Å². The second kappa shape index (κ2) is 27.5. The number of hydrogen-bond acceptors (Lipinski definition) is 5. The van der Waals surface area contributed by atoms with Gasteiger partial charge in [-0.15, -0.1) is 0 Å². The van der Waals surface area contributed by atoms with Crippen LogP contribution in [0.2, 0.25) is 0 Å². The minimum Gasteiger partial charge on any atom is -0.379 e. The molecule has 2 atom stereocenters. The SMILES string of the molecule is CCCCCCC(CCCCCC)CCCCCCCCCCCOCC(COP(=O)(O)OCC[N+](C)(C)C)OC. The molecule has 0 rings (SSSR count). The maximum atomic E-state index is 12.0. The lowest BCUT2D eigenvalue weighted by molar-refractivity contribution is -0.870. The summed E-state index contributed by atoms with van der Waals surface area (Å²) in [6.07, 6.45) is 27.0. The number of ether oxygens (including phenoxy) is 2. The highest BCUT2D eigenvalue weighted by Crippen LogP contribution is 2.43. The van der Waals surface area contributed by atoms with Crippen LogP contribution in [0.1, 0.15) is 142 Å². The van der Waals surface area contributed by atoms with Crippen LogP contribution >= 0.6 is 7.82 Å². The Hall–Kier alpha value is -0.0100. The molecule has 0 saturated heterocycles. The average Bonchev–Trinajstić information content (AvgIpc) is 2.91. The fraction of sp³-hybridized carbons (Fsp3) is 1.00. The first kappa shape index (κ1) is 41.0. The van der Waals surface area contributed by atoms with Gasteiger partial charge in [0.05, 0.1) is 34.4 Å². The van der Waals surface area contributed by atoms with Gasteiger partial charge in [0.1, 0.15) is 19.3 Å². The number of likely N-dealkylation sites (N-methyl/N-ethyl adjacent to an activating group) is 1. The minimum atomic E-state index is -4.08. The van der Waals surface area contributed by atoms with E-state index in [0.717, 1.165) is 12.3 Å². The van der Waals surface area contributed by atoms with Gasteiger partial charge in [-0.05, 0) is 12.3 Å². The molecule has 0 bridgehead atoms. The van der Waals surface area contributed by atoms with Gasteiger partial charge in [0.25, 0.3) is 0 Å². The van der Waals surface area contributed by atoms with E-state index in [0.29, 0.717) is 24.2 Å². The third-order valence-electron chi connectivity index (χ3n) is 7.91. The first-order valence-electron chi connectivity index (χ1n) is 17.2. The average molecular weight is 609 g/mol. The number of rotatable bonds is 32. The molecule has 0 saturated carbocycles. The molecular weight excluding hydrogens is 537 g/mol. The molecule has 0 aromatic rings. The number of quaternary nitrogens is 1. The van der Waals surface area contributed by atoms with Crippen LogP contribution < -0.4 is 0 Å². The second-order valence-corrected chi connectivity index (χ2v) is 14.5. The van der Waals surface area contributed by atoms with Crippen LogP contribution in [0.5, 0.6) is 0 Å². The molecule has 0 aliphatic carbocycles. The van der Waals surface area contributed by atoms with Crippen molar-refractivity contribution in [3.63, 3.8) is 0 Å². The smallest absolute Gasteiger partial charge is 0.379 e. The molecular formula is C33H71NO6P+. The highest BCUT2D eigenvalue weighted by atomic mass is 31.2. The van der Waals surface area contributed by atoms with E-state index in [1.165, 1.54) is 122 Å². The van der Waals surface area contributed by atoms with Crippen molar-refractivity contribution in [2.24, 2.45) is 5.92 Å². The number of phosphoric ester groups is 1. The van der Waals surface area contributed by atoms with E-state index in [1.54, 1.807) is 7.11 Å². The van der Waals surface area contributed by atoms with Gasteiger partial charge in [-0.1, -0.05) is 136 Å². The third kappa shape index (κ3) is 29.8. The molecule has 0 spiro atoms. The Balaban J connectivity index is 3.74. The number of unbranched alkanes of at least 4 members (excludes halogenated alkanes) is 14. The molecule has 0 aromatic carbocycles. The van der Waals surface area contributed by atoms with Gasteiger partial charge in [-0.25, -0.2) is 4.57 Å². The summed E-state index contributed by atoms with van der Waals surface area (Å²) in [4.78, 5) is 9.85. The highest BCUT2D eigenvalue weighted by molar-refractivity contribution is 7.47. The Kier molecular flexibility index (Phi) is 27.5. The van der Waals surface area contributed by atoms with E-state index >= 15 is 0 Å². The Morgan fingerprint density at radius 1 is 0.634 bits per heavy atom. The monoisotopic (exact) mass is 609 g/mol. The molecule has 248 valence electrons. The highest BCUT2D eigenvalue weighted by Gasteiger charge is 2.24. The van der Waals surface area contributed by atoms with Crippen molar-refractivity contribution in [2.75, 3.05) is 61.2 Å². The lowest BCUT2D eigenvalue weighted by Crippen LogP contribution is -2.37. The largest absolute Gasteiger partial charge is 0.472 e. The molecule has 0 aliphatic heterocycles. The molecule has 0 heterocycles.